The Labute approximate surface area is 96.8 Å². The predicted octanol–water partition coefficient (Wildman–Crippen LogP) is 3.10. The van der Waals surface area contributed by atoms with Crippen molar-refractivity contribution in [2.75, 3.05) is 12.8 Å². The van der Waals surface area contributed by atoms with Crippen molar-refractivity contribution in [1.29, 1.82) is 0 Å². The van der Waals surface area contributed by atoms with Gasteiger partial charge >= 0.3 is 0 Å². The van der Waals surface area contributed by atoms with Gasteiger partial charge in [-0.1, -0.05) is 29.8 Å². The number of rotatable bonds is 1. The molecule has 2 rings (SSSR count). The molecule has 0 spiro atoms. The second-order valence-electron chi connectivity index (χ2n) is 4.37. The van der Waals surface area contributed by atoms with Crippen molar-refractivity contribution in [2.24, 2.45) is 0 Å². The first-order valence-electron chi connectivity index (χ1n) is 5.50. The van der Waals surface area contributed by atoms with Gasteiger partial charge in [-0.15, -0.1) is 0 Å². The molecule has 1 aliphatic rings. The van der Waals surface area contributed by atoms with Crippen LogP contribution in [0.2, 0.25) is 0 Å². The van der Waals surface area contributed by atoms with E-state index in [1.54, 1.807) is 0 Å². The number of hydrogen-bond donors (Lipinski definition) is 0. The lowest BCUT2D eigenvalue weighted by Gasteiger charge is -2.23. The highest BCUT2D eigenvalue weighted by molar-refractivity contribution is 7.67. The fraction of sp³-hybridized carbons (Fsp3) is 0.385. The van der Waals surface area contributed by atoms with E-state index in [1.807, 2.05) is 26.0 Å². The SMILES string of the molecule is Cc1cc(C)c(P2(=O)CC=CCO2)c(C)c1. The molecular weight excluding hydrogens is 219 g/mol. The summed E-state index contributed by atoms with van der Waals surface area (Å²) >= 11 is 0. The zero-order valence-electron chi connectivity index (χ0n) is 9.99. The summed E-state index contributed by atoms with van der Waals surface area (Å²) in [5, 5.41) is 0.919. The van der Waals surface area contributed by atoms with Gasteiger partial charge < -0.3 is 4.52 Å². The molecular formula is C13H17O2P. The molecule has 16 heavy (non-hydrogen) atoms. The van der Waals surface area contributed by atoms with Crippen LogP contribution in [0, 0.1) is 20.8 Å². The molecule has 1 aromatic carbocycles. The van der Waals surface area contributed by atoms with Gasteiger partial charge in [0.25, 0.3) is 0 Å². The lowest BCUT2D eigenvalue weighted by molar-refractivity contribution is 0.357. The molecule has 1 heterocycles. The zero-order chi connectivity index (χ0) is 11.8. The van der Waals surface area contributed by atoms with Crippen LogP contribution >= 0.6 is 7.37 Å². The smallest absolute Gasteiger partial charge is 0.236 e. The molecule has 0 amide bonds. The number of hydrogen-bond acceptors (Lipinski definition) is 2. The molecule has 3 heteroatoms. The van der Waals surface area contributed by atoms with Crippen molar-refractivity contribution >= 4 is 12.7 Å². The third-order valence-corrected chi connectivity index (χ3v) is 5.51. The number of aryl methyl sites for hydroxylation is 3. The quantitative estimate of drug-likeness (QED) is 0.553. The van der Waals surface area contributed by atoms with E-state index < -0.39 is 7.37 Å². The van der Waals surface area contributed by atoms with Crippen molar-refractivity contribution in [2.45, 2.75) is 20.8 Å². The molecule has 0 radical (unpaired) electrons. The maximum atomic E-state index is 12.7. The second kappa shape index (κ2) is 4.20. The average molecular weight is 236 g/mol. The molecule has 86 valence electrons. The van der Waals surface area contributed by atoms with Crippen LogP contribution in [0.3, 0.4) is 0 Å². The summed E-state index contributed by atoms with van der Waals surface area (Å²) in [6.45, 7) is 6.54. The van der Waals surface area contributed by atoms with Crippen LogP contribution in [-0.4, -0.2) is 12.8 Å². The predicted molar refractivity (Wildman–Crippen MR) is 67.9 cm³/mol. The first-order valence-corrected chi connectivity index (χ1v) is 7.31. The molecule has 2 nitrogen and oxygen atoms in total. The zero-order valence-corrected chi connectivity index (χ0v) is 10.9. The summed E-state index contributed by atoms with van der Waals surface area (Å²) in [5.41, 5.74) is 3.37. The molecule has 1 unspecified atom stereocenters. The molecule has 1 aliphatic heterocycles. The van der Waals surface area contributed by atoms with Gasteiger partial charge in [-0.3, -0.25) is 4.57 Å². The van der Waals surface area contributed by atoms with Crippen molar-refractivity contribution in [3.05, 3.63) is 41.0 Å². The standard InChI is InChI=1S/C13H17O2P/c1-10-8-11(2)13(12(3)9-10)16(14)7-5-4-6-15-16/h4-5,8-9H,6-7H2,1-3H3. The molecule has 0 fully saturated rings. The summed E-state index contributed by atoms with van der Waals surface area (Å²) < 4.78 is 18.2. The van der Waals surface area contributed by atoms with Gasteiger partial charge in [0.2, 0.25) is 7.37 Å². The van der Waals surface area contributed by atoms with Crippen LogP contribution in [0.5, 0.6) is 0 Å². The van der Waals surface area contributed by atoms with Crippen molar-refractivity contribution in [3.8, 4) is 0 Å². The Bertz CT molecular complexity index is 466. The fourth-order valence-electron chi connectivity index (χ4n) is 2.36. The van der Waals surface area contributed by atoms with Gasteiger partial charge in [-0.05, 0) is 31.9 Å². The van der Waals surface area contributed by atoms with Gasteiger partial charge in [0.05, 0.1) is 6.61 Å². The minimum absolute atomic E-state index is 0.462. The molecule has 0 saturated heterocycles. The van der Waals surface area contributed by atoms with E-state index in [4.69, 9.17) is 4.52 Å². The maximum Gasteiger partial charge on any atom is 0.236 e. The topological polar surface area (TPSA) is 26.3 Å². The van der Waals surface area contributed by atoms with E-state index in [9.17, 15) is 4.57 Å². The monoisotopic (exact) mass is 236 g/mol. The Morgan fingerprint density at radius 1 is 1.12 bits per heavy atom. The van der Waals surface area contributed by atoms with E-state index in [2.05, 4.69) is 19.1 Å². The van der Waals surface area contributed by atoms with Crippen LogP contribution in [-0.2, 0) is 9.09 Å². The summed E-state index contributed by atoms with van der Waals surface area (Å²) in [5.74, 6) is 0. The fourth-order valence-corrected chi connectivity index (χ4v) is 4.74. The molecule has 0 aliphatic carbocycles. The van der Waals surface area contributed by atoms with Gasteiger partial charge in [0.15, 0.2) is 0 Å². The third-order valence-electron chi connectivity index (χ3n) is 2.87. The highest BCUT2D eigenvalue weighted by Crippen LogP contribution is 2.49. The van der Waals surface area contributed by atoms with Crippen LogP contribution in [0.15, 0.2) is 24.3 Å². The Hall–Kier alpha value is -0.850. The van der Waals surface area contributed by atoms with Gasteiger partial charge in [-0.25, -0.2) is 0 Å². The molecule has 0 N–H and O–H groups in total. The summed E-state index contributed by atoms with van der Waals surface area (Å²) in [4.78, 5) is 0. The Morgan fingerprint density at radius 3 is 2.25 bits per heavy atom. The van der Waals surface area contributed by atoms with Crippen molar-refractivity contribution in [3.63, 3.8) is 0 Å². The lowest BCUT2D eigenvalue weighted by Crippen LogP contribution is -2.18. The highest BCUT2D eigenvalue weighted by atomic mass is 31.2. The lowest BCUT2D eigenvalue weighted by atomic mass is 10.1. The third kappa shape index (κ3) is 2.00. The van der Waals surface area contributed by atoms with Crippen molar-refractivity contribution in [1.82, 2.24) is 0 Å². The van der Waals surface area contributed by atoms with E-state index in [0.29, 0.717) is 12.8 Å². The molecule has 0 bridgehead atoms. The minimum Gasteiger partial charge on any atom is -0.321 e. The summed E-state index contributed by atoms with van der Waals surface area (Å²) in [6.07, 6.45) is 4.41. The first kappa shape index (κ1) is 11.6. The largest absolute Gasteiger partial charge is 0.321 e. The number of benzene rings is 1. The van der Waals surface area contributed by atoms with Crippen molar-refractivity contribution < 1.29 is 9.09 Å². The average Bonchev–Trinajstić information content (AvgIpc) is 2.16. The Morgan fingerprint density at radius 2 is 1.75 bits per heavy atom. The Balaban J connectivity index is 2.56. The number of allylic oxidation sites excluding steroid dienone is 1. The van der Waals surface area contributed by atoms with Crippen LogP contribution in [0.4, 0.5) is 0 Å². The molecule has 0 aromatic heterocycles. The molecule has 1 atom stereocenters. The maximum absolute atomic E-state index is 12.7. The summed E-state index contributed by atoms with van der Waals surface area (Å²) in [7, 11) is -2.65. The van der Waals surface area contributed by atoms with Gasteiger partial charge in [-0.2, -0.15) is 0 Å². The normalized spacial score (nSPS) is 24.7. The summed E-state index contributed by atoms with van der Waals surface area (Å²) in [6, 6.07) is 4.15. The van der Waals surface area contributed by atoms with Gasteiger partial charge in [0, 0.05) is 11.5 Å². The second-order valence-corrected chi connectivity index (χ2v) is 6.79. The molecule has 0 saturated carbocycles. The van der Waals surface area contributed by atoms with Crippen LogP contribution in [0.1, 0.15) is 16.7 Å². The Kier molecular flexibility index (Phi) is 3.05. The highest BCUT2D eigenvalue weighted by Gasteiger charge is 2.29. The minimum atomic E-state index is -2.65. The van der Waals surface area contributed by atoms with Crippen LogP contribution in [0.25, 0.3) is 0 Å². The first-order chi connectivity index (χ1) is 7.53. The van der Waals surface area contributed by atoms with E-state index in [0.717, 1.165) is 16.4 Å². The molecule has 1 aromatic rings. The van der Waals surface area contributed by atoms with Crippen LogP contribution < -0.4 is 5.30 Å². The van der Waals surface area contributed by atoms with E-state index in [-0.39, 0.29) is 0 Å². The van der Waals surface area contributed by atoms with E-state index >= 15 is 0 Å². The van der Waals surface area contributed by atoms with Gasteiger partial charge in [0.1, 0.15) is 0 Å². The van der Waals surface area contributed by atoms with E-state index in [1.165, 1.54) is 5.56 Å².